The van der Waals surface area contributed by atoms with Crippen molar-refractivity contribution in [1.29, 1.82) is 0 Å². The molecule has 0 aliphatic carbocycles. The second kappa shape index (κ2) is 5.09. The predicted molar refractivity (Wildman–Crippen MR) is 63.8 cm³/mol. The van der Waals surface area contributed by atoms with E-state index < -0.39 is 0 Å². The zero-order valence-corrected chi connectivity index (χ0v) is 10.6. The first-order chi connectivity index (χ1) is 7.27. The second-order valence-corrected chi connectivity index (χ2v) is 4.64. The Morgan fingerprint density at radius 1 is 1.27 bits per heavy atom. The molecule has 1 aliphatic rings. The highest BCUT2D eigenvalue weighted by Gasteiger charge is 2.13. The minimum atomic E-state index is 0.435. The predicted octanol–water partition coefficient (Wildman–Crippen LogP) is 2.71. The van der Waals surface area contributed by atoms with E-state index in [1.165, 1.54) is 25.6 Å². The molecule has 4 nitrogen and oxygen atoms in total. The molecule has 0 radical (unpaired) electrons. The fraction of sp³-hybridized carbons (Fsp3) is 0.556. The van der Waals surface area contributed by atoms with Gasteiger partial charge in [-0.25, -0.2) is 15.0 Å². The van der Waals surface area contributed by atoms with Gasteiger partial charge >= 0.3 is 0 Å². The van der Waals surface area contributed by atoms with Crippen LogP contribution in [0.4, 0.5) is 5.82 Å². The van der Waals surface area contributed by atoms with Gasteiger partial charge in [0, 0.05) is 13.1 Å². The highest BCUT2D eigenvalue weighted by atomic mass is 79.9. The summed E-state index contributed by atoms with van der Waals surface area (Å²) in [5, 5.41) is 2.59. The largest absolute Gasteiger partial charge is 0.302 e. The number of halogens is 2. The molecule has 0 unspecified atom stereocenters. The van der Waals surface area contributed by atoms with Crippen LogP contribution in [0.15, 0.2) is 10.8 Å². The maximum atomic E-state index is 5.88. The van der Waals surface area contributed by atoms with Gasteiger partial charge in [0.05, 0.1) is 4.47 Å². The number of rotatable bonds is 2. The lowest BCUT2D eigenvalue weighted by atomic mass is 10.2. The maximum absolute atomic E-state index is 5.88. The Kier molecular flexibility index (Phi) is 3.77. The highest BCUT2D eigenvalue weighted by Crippen LogP contribution is 2.26. The Balaban J connectivity index is 2.06. The van der Waals surface area contributed by atoms with Crippen LogP contribution < -0.4 is 5.43 Å². The fourth-order valence-corrected chi connectivity index (χ4v) is 2.01. The molecule has 1 N–H and O–H groups in total. The third-order valence-electron chi connectivity index (χ3n) is 2.37. The molecule has 0 atom stereocenters. The normalized spacial score (nSPS) is 17.7. The number of piperidine rings is 1. The zero-order chi connectivity index (χ0) is 10.7. The van der Waals surface area contributed by atoms with Crippen molar-refractivity contribution in [3.05, 3.63) is 16.0 Å². The van der Waals surface area contributed by atoms with E-state index in [1.54, 1.807) is 0 Å². The van der Waals surface area contributed by atoms with Crippen LogP contribution in [-0.2, 0) is 0 Å². The fourth-order valence-electron chi connectivity index (χ4n) is 1.58. The van der Waals surface area contributed by atoms with Crippen molar-refractivity contribution in [2.24, 2.45) is 0 Å². The van der Waals surface area contributed by atoms with Crippen molar-refractivity contribution in [1.82, 2.24) is 15.0 Å². The number of nitrogens with one attached hydrogen (secondary N) is 1. The molecule has 1 fully saturated rings. The molecule has 2 rings (SSSR count). The summed E-state index contributed by atoms with van der Waals surface area (Å²) in [6.45, 7) is 2.10. The van der Waals surface area contributed by atoms with Gasteiger partial charge in [0.1, 0.15) is 11.5 Å². The molecule has 0 saturated carbocycles. The average molecular weight is 292 g/mol. The van der Waals surface area contributed by atoms with E-state index in [1.807, 2.05) is 0 Å². The lowest BCUT2D eigenvalue weighted by Crippen LogP contribution is -2.35. The van der Waals surface area contributed by atoms with Crippen LogP contribution in [-0.4, -0.2) is 28.1 Å². The average Bonchev–Trinajstić information content (AvgIpc) is 2.26. The van der Waals surface area contributed by atoms with Gasteiger partial charge in [-0.3, -0.25) is 0 Å². The molecule has 1 aliphatic heterocycles. The van der Waals surface area contributed by atoms with E-state index in [4.69, 9.17) is 11.6 Å². The monoisotopic (exact) mass is 290 g/mol. The van der Waals surface area contributed by atoms with Gasteiger partial charge in [0.2, 0.25) is 0 Å². The van der Waals surface area contributed by atoms with E-state index >= 15 is 0 Å². The Morgan fingerprint density at radius 3 is 2.73 bits per heavy atom. The molecule has 0 aromatic carbocycles. The molecule has 2 heterocycles. The van der Waals surface area contributed by atoms with Gasteiger partial charge < -0.3 is 5.43 Å². The van der Waals surface area contributed by atoms with Gasteiger partial charge in [-0.1, -0.05) is 18.0 Å². The summed E-state index contributed by atoms with van der Waals surface area (Å²) >= 11 is 9.24. The van der Waals surface area contributed by atoms with Gasteiger partial charge in [-0.2, -0.15) is 0 Å². The molecular formula is C9H12BrClN4. The van der Waals surface area contributed by atoms with E-state index in [0.717, 1.165) is 23.4 Å². The Hall–Kier alpha value is -0.390. The molecule has 1 aromatic rings. The molecule has 82 valence electrons. The van der Waals surface area contributed by atoms with Gasteiger partial charge in [-0.05, 0) is 28.8 Å². The Labute approximate surface area is 102 Å². The summed E-state index contributed by atoms with van der Waals surface area (Å²) in [5.41, 5.74) is 3.24. The summed E-state index contributed by atoms with van der Waals surface area (Å²) < 4.78 is 0.720. The smallest absolute Gasteiger partial charge is 0.159 e. The maximum Gasteiger partial charge on any atom is 0.159 e. The van der Waals surface area contributed by atoms with Crippen LogP contribution in [0.2, 0.25) is 5.15 Å². The van der Waals surface area contributed by atoms with Gasteiger partial charge in [0.25, 0.3) is 0 Å². The van der Waals surface area contributed by atoms with Crippen LogP contribution in [0.3, 0.4) is 0 Å². The van der Waals surface area contributed by atoms with E-state index in [0.29, 0.717) is 5.15 Å². The molecule has 1 aromatic heterocycles. The third kappa shape index (κ3) is 2.80. The molecule has 1 saturated heterocycles. The van der Waals surface area contributed by atoms with Crippen LogP contribution >= 0.6 is 27.5 Å². The third-order valence-corrected chi connectivity index (χ3v) is 3.63. The minimum Gasteiger partial charge on any atom is -0.302 e. The van der Waals surface area contributed by atoms with Crippen LogP contribution in [0.5, 0.6) is 0 Å². The number of nitrogens with zero attached hydrogens (tertiary/aromatic N) is 3. The molecule has 0 amide bonds. The minimum absolute atomic E-state index is 0.435. The number of hydrazine groups is 1. The van der Waals surface area contributed by atoms with Crippen molar-refractivity contribution in [3.8, 4) is 0 Å². The quantitative estimate of drug-likeness (QED) is 0.851. The SMILES string of the molecule is Clc1ncnc(NN2CCCCC2)c1Br. The van der Waals surface area contributed by atoms with Gasteiger partial charge in [0.15, 0.2) is 5.82 Å². The van der Waals surface area contributed by atoms with Crippen molar-refractivity contribution in [3.63, 3.8) is 0 Å². The summed E-state index contributed by atoms with van der Waals surface area (Å²) in [6, 6.07) is 0. The number of anilines is 1. The molecular weight excluding hydrogens is 279 g/mol. The first-order valence-electron chi connectivity index (χ1n) is 4.95. The summed E-state index contributed by atoms with van der Waals surface area (Å²) in [4.78, 5) is 8.02. The van der Waals surface area contributed by atoms with Crippen LogP contribution in [0.25, 0.3) is 0 Å². The van der Waals surface area contributed by atoms with E-state index in [-0.39, 0.29) is 0 Å². The van der Waals surface area contributed by atoms with E-state index in [2.05, 4.69) is 36.3 Å². The van der Waals surface area contributed by atoms with Crippen LogP contribution in [0, 0.1) is 0 Å². The second-order valence-electron chi connectivity index (χ2n) is 3.49. The number of hydrogen-bond acceptors (Lipinski definition) is 4. The summed E-state index contributed by atoms with van der Waals surface area (Å²) in [5.74, 6) is 0.733. The standard InChI is InChI=1S/C9H12BrClN4/c10-7-8(11)12-6-13-9(7)14-15-4-2-1-3-5-15/h6H,1-5H2,(H,12,13,14). The van der Waals surface area contributed by atoms with Crippen LogP contribution in [0.1, 0.15) is 19.3 Å². The number of aromatic nitrogens is 2. The summed E-state index contributed by atoms with van der Waals surface area (Å²) in [6.07, 6.45) is 5.22. The first-order valence-corrected chi connectivity index (χ1v) is 6.12. The van der Waals surface area contributed by atoms with Gasteiger partial charge in [-0.15, -0.1) is 0 Å². The molecule has 0 spiro atoms. The molecule has 6 heteroatoms. The molecule has 15 heavy (non-hydrogen) atoms. The van der Waals surface area contributed by atoms with E-state index in [9.17, 15) is 0 Å². The Bertz CT molecular complexity index is 341. The molecule has 0 bridgehead atoms. The zero-order valence-electron chi connectivity index (χ0n) is 8.21. The van der Waals surface area contributed by atoms with Crippen molar-refractivity contribution in [2.45, 2.75) is 19.3 Å². The lowest BCUT2D eigenvalue weighted by Gasteiger charge is -2.27. The van der Waals surface area contributed by atoms with Crippen molar-refractivity contribution >= 4 is 33.3 Å². The Morgan fingerprint density at radius 2 is 2.00 bits per heavy atom. The first kappa shape index (κ1) is 11.1. The number of hydrogen-bond donors (Lipinski definition) is 1. The summed E-state index contributed by atoms with van der Waals surface area (Å²) in [7, 11) is 0. The topological polar surface area (TPSA) is 41.1 Å². The lowest BCUT2D eigenvalue weighted by molar-refractivity contribution is 0.272. The van der Waals surface area contributed by atoms with Crippen molar-refractivity contribution < 1.29 is 0 Å². The highest BCUT2D eigenvalue weighted by molar-refractivity contribution is 9.10. The van der Waals surface area contributed by atoms with Crippen molar-refractivity contribution in [2.75, 3.05) is 18.5 Å².